The summed E-state index contributed by atoms with van der Waals surface area (Å²) in [5, 5.41) is 0. The van der Waals surface area contributed by atoms with Crippen LogP contribution in [0, 0.1) is 107 Å². The summed E-state index contributed by atoms with van der Waals surface area (Å²) in [6.07, 6.45) is 10.2. The van der Waals surface area contributed by atoms with Gasteiger partial charge in [0.05, 0.1) is 51.4 Å². The molecule has 18 heteroatoms. The Morgan fingerprint density at radius 2 is 0.443 bits per heavy atom. The van der Waals surface area contributed by atoms with Crippen LogP contribution in [-0.2, 0) is 18.9 Å². The van der Waals surface area contributed by atoms with Gasteiger partial charge in [0, 0.05) is 52.9 Å². The minimum Gasteiger partial charge on any atom is -1.00 e. The number of halogens is 6. The van der Waals surface area contributed by atoms with Gasteiger partial charge in [-0.05, 0) is 112 Å². The number of hydrogen-bond acceptors (Lipinski definition) is 8. The first-order valence-corrected chi connectivity index (χ1v) is 27.4. The molecular weight excluding hydrogens is 1500 g/mol. The van der Waals surface area contributed by atoms with Crippen LogP contribution < -0.4 is 131 Å². The summed E-state index contributed by atoms with van der Waals surface area (Å²) in [4.78, 5) is 0. The summed E-state index contributed by atoms with van der Waals surface area (Å²) >= 11 is 0. The van der Waals surface area contributed by atoms with Crippen LogP contribution in [0.4, 0.5) is 0 Å². The van der Waals surface area contributed by atoms with Gasteiger partial charge in [-0.25, -0.2) is 0 Å². The maximum absolute atomic E-state index is 5.45. The number of methoxy groups -OCH3 is 4. The molecular formula is C70H82Cl6Li2O8Sm2. The van der Waals surface area contributed by atoms with E-state index in [9.17, 15) is 0 Å². The van der Waals surface area contributed by atoms with E-state index in [1.807, 2.05) is 170 Å². The second kappa shape index (κ2) is 62.8. The molecule has 8 nitrogen and oxygen atoms in total. The fraction of sp³-hybridized carbons (Fsp3) is 0.314. The Bertz CT molecular complexity index is 2470. The first-order valence-electron chi connectivity index (χ1n) is 27.4. The van der Waals surface area contributed by atoms with Crippen molar-refractivity contribution in [3.05, 3.63) is 217 Å². The maximum atomic E-state index is 5.45. The third kappa shape index (κ3) is 39.2. The largest absolute Gasteiger partial charge is 3.00 e. The Kier molecular flexibility index (Phi) is 69.6. The zero-order valence-electron chi connectivity index (χ0n) is 52.1. The molecule has 12 rings (SSSR count). The van der Waals surface area contributed by atoms with Crippen molar-refractivity contribution >= 4 is 0 Å². The molecule has 0 bridgehead atoms. The van der Waals surface area contributed by atoms with E-state index in [1.54, 1.807) is 28.4 Å². The maximum Gasteiger partial charge on any atom is 3.00 e. The second-order valence-corrected chi connectivity index (χ2v) is 18.3. The van der Waals surface area contributed by atoms with Gasteiger partial charge in [-0.3, -0.25) is 0 Å². The standard InChI is InChI=1S/2C20H17O2.2C7H8.4C4H8O.6ClH.2Li.2Sm/c2*1-21-19-12-5-3-10-17(19)15-8-7-9-16(14-15)18-11-4-6-13-20(18)22-2;2*1-7-5-3-2-4-6-7;4*1-2-4-5-3-1;;;;;;;;;;/h2*3-13H,1-2H3;2*2-6H,1H3;4*1-4H2;6*1H;;;;/q2*-1;;;;;;;;;;;;;2*+1;2*+3/p-6. The van der Waals surface area contributed by atoms with E-state index < -0.39 is 0 Å². The molecule has 4 heterocycles. The molecule has 2 radical (unpaired) electrons. The Hall–Kier alpha value is -1.59. The van der Waals surface area contributed by atoms with Gasteiger partial charge in [0.15, 0.2) is 0 Å². The number of aryl methyl sites for hydroxylation is 2. The normalized spacial score (nSPS) is 12.0. The van der Waals surface area contributed by atoms with Crippen LogP contribution in [0.2, 0.25) is 0 Å². The second-order valence-electron chi connectivity index (χ2n) is 18.3. The van der Waals surface area contributed by atoms with Gasteiger partial charge in [0.25, 0.3) is 0 Å². The molecule has 0 saturated carbocycles. The minimum absolute atomic E-state index is 0. The van der Waals surface area contributed by atoms with Crippen molar-refractivity contribution in [1.29, 1.82) is 0 Å². The van der Waals surface area contributed by atoms with E-state index in [0.717, 1.165) is 120 Å². The average Bonchev–Trinajstić information content (AvgIpc) is 4.58. The van der Waals surface area contributed by atoms with E-state index in [4.69, 9.17) is 37.9 Å². The molecule has 4 aliphatic rings. The third-order valence-electron chi connectivity index (χ3n) is 12.4. The quantitative estimate of drug-likeness (QED) is 0.110. The number of para-hydroxylation sites is 4. The monoisotopic (exact) mass is 1580 g/mol. The summed E-state index contributed by atoms with van der Waals surface area (Å²) in [7, 11) is 6.73. The molecule has 4 saturated heterocycles. The Labute approximate surface area is 654 Å². The number of benzene rings is 8. The Balaban J connectivity index is -0.000000234. The number of ether oxygens (including phenoxy) is 8. The number of hydrogen-bond donors (Lipinski definition) is 0. The molecule has 0 spiro atoms. The SMILES string of the molecule is C1CCOC1.C1CCOC1.C1CCOC1.C1CCOC1.COc1ccccc1-c1[c-]c(-c2ccccc2OC)ccc1.COc1ccccc1-c1[c-]c(-c2ccccc2OC)ccc1.Cc1ccccc1.Cc1ccccc1.[Cl-].[Cl-].[Cl-].[Cl-].[Cl-].[Cl-].[Li+].[Li+].[Sm+3].[Sm+3]. The predicted octanol–water partition coefficient (Wildman–Crippen LogP) is -7.11. The van der Waals surface area contributed by atoms with E-state index >= 15 is 0 Å². The molecule has 0 unspecified atom stereocenters. The van der Waals surface area contributed by atoms with Crippen LogP contribution in [-0.4, -0.2) is 81.3 Å². The van der Waals surface area contributed by atoms with E-state index in [-0.39, 0.29) is 193 Å². The third-order valence-corrected chi connectivity index (χ3v) is 12.4. The van der Waals surface area contributed by atoms with Gasteiger partial charge in [-0.2, -0.15) is 0 Å². The van der Waals surface area contributed by atoms with Crippen molar-refractivity contribution in [2.45, 2.75) is 65.2 Å². The smallest absolute Gasteiger partial charge is 1.00 e. The molecule has 4 aliphatic heterocycles. The zero-order chi connectivity index (χ0) is 55.1. The molecule has 88 heavy (non-hydrogen) atoms. The van der Waals surface area contributed by atoms with Gasteiger partial charge in [-0.15, -0.1) is 70.8 Å². The van der Waals surface area contributed by atoms with E-state index in [2.05, 4.69) is 50.2 Å². The molecule has 0 aromatic heterocycles. The molecule has 0 N–H and O–H groups in total. The van der Waals surface area contributed by atoms with Crippen LogP contribution in [0.3, 0.4) is 0 Å². The van der Waals surface area contributed by atoms with Crippen molar-refractivity contribution < 1.29 is 231 Å². The van der Waals surface area contributed by atoms with Gasteiger partial charge >= 0.3 is 118 Å². The molecule has 466 valence electrons. The van der Waals surface area contributed by atoms with Crippen LogP contribution in [0.1, 0.15) is 62.5 Å². The molecule has 8 aromatic rings. The van der Waals surface area contributed by atoms with Crippen LogP contribution in [0.15, 0.2) is 194 Å². The van der Waals surface area contributed by atoms with Gasteiger partial charge in [0.1, 0.15) is 0 Å². The van der Waals surface area contributed by atoms with Crippen molar-refractivity contribution in [2.75, 3.05) is 81.3 Å². The first-order chi connectivity index (χ1) is 38.4. The molecule has 0 atom stereocenters. The summed E-state index contributed by atoms with van der Waals surface area (Å²) in [6, 6.07) is 71.5. The number of rotatable bonds is 8. The predicted molar refractivity (Wildman–Crippen MR) is 321 cm³/mol. The topological polar surface area (TPSA) is 73.8 Å². The molecule has 0 amide bonds. The van der Waals surface area contributed by atoms with Crippen LogP contribution in [0.5, 0.6) is 23.0 Å². The van der Waals surface area contributed by atoms with Crippen molar-refractivity contribution in [2.24, 2.45) is 0 Å². The van der Waals surface area contributed by atoms with Crippen molar-refractivity contribution in [3.63, 3.8) is 0 Å². The fourth-order valence-electron chi connectivity index (χ4n) is 8.15. The van der Waals surface area contributed by atoms with E-state index in [0.29, 0.717) is 0 Å². The fourth-order valence-corrected chi connectivity index (χ4v) is 8.15. The average molecular weight is 1580 g/mol. The molecule has 8 aromatic carbocycles. The van der Waals surface area contributed by atoms with Gasteiger partial charge in [0.2, 0.25) is 0 Å². The summed E-state index contributed by atoms with van der Waals surface area (Å²) in [5.74, 6) is 3.37. The first kappa shape index (κ1) is 97.5. The summed E-state index contributed by atoms with van der Waals surface area (Å²) in [5.41, 5.74) is 10.8. The van der Waals surface area contributed by atoms with Crippen LogP contribution in [0.25, 0.3) is 44.5 Å². The van der Waals surface area contributed by atoms with E-state index in [1.165, 1.54) is 62.5 Å². The summed E-state index contributed by atoms with van der Waals surface area (Å²) in [6.45, 7) is 12.2. The Morgan fingerprint density at radius 3 is 0.591 bits per heavy atom. The minimum atomic E-state index is 0. The van der Waals surface area contributed by atoms with Gasteiger partial charge in [-0.1, -0.05) is 145 Å². The van der Waals surface area contributed by atoms with Gasteiger partial charge < -0.3 is 112 Å². The molecule has 0 aliphatic carbocycles. The van der Waals surface area contributed by atoms with Crippen LogP contribution >= 0.6 is 0 Å². The summed E-state index contributed by atoms with van der Waals surface area (Å²) < 4.78 is 41.6. The molecule has 4 fully saturated rings. The van der Waals surface area contributed by atoms with Crippen molar-refractivity contribution in [1.82, 2.24) is 0 Å². The zero-order valence-corrected chi connectivity index (χ0v) is 61.9. The Morgan fingerprint density at radius 1 is 0.261 bits per heavy atom. The van der Waals surface area contributed by atoms with Crippen molar-refractivity contribution in [3.8, 4) is 67.5 Å².